The number of hydrogen-bond acceptors (Lipinski definition) is 3. The van der Waals surface area contributed by atoms with E-state index in [-0.39, 0.29) is 5.91 Å². The fourth-order valence-electron chi connectivity index (χ4n) is 3.38. The second kappa shape index (κ2) is 11.1. The predicted octanol–water partition coefficient (Wildman–Crippen LogP) is 4.98. The number of ether oxygens (including phenoxy) is 1. The second-order valence-corrected chi connectivity index (χ2v) is 7.86. The molecule has 1 aromatic heterocycles. The van der Waals surface area contributed by atoms with Crippen LogP contribution in [0.4, 0.5) is 0 Å². The van der Waals surface area contributed by atoms with Crippen LogP contribution in [-0.4, -0.2) is 35.2 Å². The monoisotopic (exact) mass is 457 g/mol. The Balaban J connectivity index is 1.46. The van der Waals surface area contributed by atoms with E-state index in [0.717, 1.165) is 54.6 Å². The molecular weight excluding hydrogens is 430 g/mol. The zero-order valence-corrected chi connectivity index (χ0v) is 18.5. The molecule has 0 fully saturated rings. The van der Waals surface area contributed by atoms with E-state index in [2.05, 4.69) is 44.0 Å². The molecule has 0 radical (unpaired) electrons. The van der Waals surface area contributed by atoms with Crippen LogP contribution in [0.3, 0.4) is 0 Å². The zero-order chi connectivity index (χ0) is 20.5. The minimum atomic E-state index is -0.0241. The quantitative estimate of drug-likeness (QED) is 0.413. The van der Waals surface area contributed by atoms with Crippen LogP contribution in [0.25, 0.3) is 11.0 Å². The van der Waals surface area contributed by atoms with E-state index >= 15 is 0 Å². The first-order valence-corrected chi connectivity index (χ1v) is 11.0. The molecule has 6 heteroatoms. The van der Waals surface area contributed by atoms with Crippen molar-refractivity contribution in [3.05, 3.63) is 64.4 Å². The Hall–Kier alpha value is -2.18. The summed E-state index contributed by atoms with van der Waals surface area (Å²) in [6.45, 7) is 4.96. The summed E-state index contributed by atoms with van der Waals surface area (Å²) in [5.74, 6) is 1.09. The topological polar surface area (TPSA) is 56.1 Å². The van der Waals surface area contributed by atoms with Crippen molar-refractivity contribution >= 4 is 32.9 Å². The molecule has 1 heterocycles. The van der Waals surface area contributed by atoms with Crippen molar-refractivity contribution < 1.29 is 9.53 Å². The highest BCUT2D eigenvalue weighted by molar-refractivity contribution is 9.10. The number of hydrogen-bond donors (Lipinski definition) is 1. The summed E-state index contributed by atoms with van der Waals surface area (Å²) < 4.78 is 8.73. The fraction of sp³-hybridized carbons (Fsp3) is 0.391. The number of carbonyl (C=O) groups excluding carboxylic acids is 1. The molecule has 0 saturated carbocycles. The smallest absolute Gasteiger partial charge is 0.251 e. The van der Waals surface area contributed by atoms with Crippen LogP contribution in [0, 0.1) is 0 Å². The number of amides is 1. The molecule has 154 valence electrons. The highest BCUT2D eigenvalue weighted by Gasteiger charge is 2.10. The minimum Gasteiger partial charge on any atom is -0.380 e. The van der Waals surface area contributed by atoms with Crippen LogP contribution in [0.1, 0.15) is 42.4 Å². The molecule has 0 spiro atoms. The van der Waals surface area contributed by atoms with Crippen molar-refractivity contribution in [3.63, 3.8) is 0 Å². The lowest BCUT2D eigenvalue weighted by molar-refractivity contribution is 0.0953. The van der Waals surface area contributed by atoms with Crippen molar-refractivity contribution in [2.24, 2.45) is 0 Å². The molecular formula is C23H28BrN3O2. The third-order valence-corrected chi connectivity index (χ3v) is 5.34. The third-order valence-electron chi connectivity index (χ3n) is 4.85. The number of para-hydroxylation sites is 2. The lowest BCUT2D eigenvalue weighted by Gasteiger charge is -2.09. The van der Waals surface area contributed by atoms with Gasteiger partial charge in [0.25, 0.3) is 5.91 Å². The highest BCUT2D eigenvalue weighted by atomic mass is 79.9. The standard InChI is InChI=1S/C23H28BrN3O2/c1-2-29-16-15-27-21-12-6-5-11-20(21)26-22(27)13-4-3-7-14-25-23(28)18-9-8-10-19(24)17-18/h5-6,8-12,17H,2-4,7,13-16H2,1H3,(H,25,28). The zero-order valence-electron chi connectivity index (χ0n) is 16.9. The van der Waals surface area contributed by atoms with E-state index < -0.39 is 0 Å². The van der Waals surface area contributed by atoms with E-state index in [1.54, 1.807) is 0 Å². The lowest BCUT2D eigenvalue weighted by Crippen LogP contribution is -2.24. The van der Waals surface area contributed by atoms with Gasteiger partial charge in [-0.1, -0.05) is 40.5 Å². The summed E-state index contributed by atoms with van der Waals surface area (Å²) >= 11 is 3.40. The number of aryl methyl sites for hydroxylation is 1. The summed E-state index contributed by atoms with van der Waals surface area (Å²) in [6.07, 6.45) is 3.98. The molecule has 0 unspecified atom stereocenters. The first-order valence-electron chi connectivity index (χ1n) is 10.2. The summed E-state index contributed by atoms with van der Waals surface area (Å²) in [6, 6.07) is 15.7. The van der Waals surface area contributed by atoms with Gasteiger partial charge in [0, 0.05) is 36.2 Å². The van der Waals surface area contributed by atoms with Gasteiger partial charge in [0.05, 0.1) is 17.6 Å². The van der Waals surface area contributed by atoms with Gasteiger partial charge in [-0.3, -0.25) is 4.79 Å². The Labute approximate surface area is 180 Å². The number of rotatable bonds is 11. The van der Waals surface area contributed by atoms with Crippen LogP contribution in [-0.2, 0) is 17.7 Å². The molecule has 1 amide bonds. The first kappa shape index (κ1) is 21.5. The van der Waals surface area contributed by atoms with Crippen molar-refractivity contribution in [1.29, 1.82) is 0 Å². The van der Waals surface area contributed by atoms with E-state index in [1.807, 2.05) is 37.3 Å². The van der Waals surface area contributed by atoms with Crippen molar-refractivity contribution in [2.45, 2.75) is 39.2 Å². The van der Waals surface area contributed by atoms with Gasteiger partial charge in [-0.25, -0.2) is 4.98 Å². The average molecular weight is 458 g/mol. The maximum Gasteiger partial charge on any atom is 0.251 e. The molecule has 2 aromatic carbocycles. The SMILES string of the molecule is CCOCCn1c(CCCCCNC(=O)c2cccc(Br)c2)nc2ccccc21. The molecule has 3 aromatic rings. The van der Waals surface area contributed by atoms with Gasteiger partial charge in [-0.05, 0) is 50.1 Å². The van der Waals surface area contributed by atoms with Gasteiger partial charge < -0.3 is 14.6 Å². The van der Waals surface area contributed by atoms with Gasteiger partial charge in [-0.15, -0.1) is 0 Å². The maximum atomic E-state index is 12.2. The van der Waals surface area contributed by atoms with E-state index in [1.165, 1.54) is 5.52 Å². The van der Waals surface area contributed by atoms with E-state index in [9.17, 15) is 4.79 Å². The second-order valence-electron chi connectivity index (χ2n) is 6.94. The number of imidazole rings is 1. The van der Waals surface area contributed by atoms with Crippen LogP contribution in [0.5, 0.6) is 0 Å². The van der Waals surface area contributed by atoms with Gasteiger partial charge in [-0.2, -0.15) is 0 Å². The molecule has 1 N–H and O–H groups in total. The van der Waals surface area contributed by atoms with Gasteiger partial charge in [0.15, 0.2) is 0 Å². The molecule has 0 aliphatic rings. The minimum absolute atomic E-state index is 0.0241. The average Bonchev–Trinajstić information content (AvgIpc) is 3.08. The maximum absolute atomic E-state index is 12.2. The summed E-state index contributed by atoms with van der Waals surface area (Å²) in [7, 11) is 0. The molecule has 0 aliphatic carbocycles. The van der Waals surface area contributed by atoms with Crippen LogP contribution < -0.4 is 5.32 Å². The third kappa shape index (κ3) is 6.15. The Morgan fingerprint density at radius 3 is 2.83 bits per heavy atom. The van der Waals surface area contributed by atoms with Crippen LogP contribution >= 0.6 is 15.9 Å². The number of nitrogens with zero attached hydrogens (tertiary/aromatic N) is 2. The van der Waals surface area contributed by atoms with Gasteiger partial charge >= 0.3 is 0 Å². The Bertz CT molecular complexity index is 939. The van der Waals surface area contributed by atoms with E-state index in [4.69, 9.17) is 9.72 Å². The molecule has 0 bridgehead atoms. The van der Waals surface area contributed by atoms with E-state index in [0.29, 0.717) is 18.7 Å². The normalized spacial score (nSPS) is 11.1. The summed E-state index contributed by atoms with van der Waals surface area (Å²) in [5, 5.41) is 2.99. The lowest BCUT2D eigenvalue weighted by atomic mass is 10.1. The fourth-order valence-corrected chi connectivity index (χ4v) is 3.78. The number of halogens is 1. The number of benzene rings is 2. The number of nitrogens with one attached hydrogen (secondary N) is 1. The molecule has 0 aliphatic heterocycles. The van der Waals surface area contributed by atoms with Crippen molar-refractivity contribution in [3.8, 4) is 0 Å². The number of fused-ring (bicyclic) bond motifs is 1. The number of aromatic nitrogens is 2. The summed E-state index contributed by atoms with van der Waals surface area (Å²) in [4.78, 5) is 17.0. The Morgan fingerprint density at radius 2 is 2.00 bits per heavy atom. The molecule has 5 nitrogen and oxygen atoms in total. The van der Waals surface area contributed by atoms with Gasteiger partial charge in [0.1, 0.15) is 5.82 Å². The molecule has 3 rings (SSSR count). The Morgan fingerprint density at radius 1 is 1.14 bits per heavy atom. The molecule has 0 saturated heterocycles. The molecule has 29 heavy (non-hydrogen) atoms. The van der Waals surface area contributed by atoms with Crippen LogP contribution in [0.2, 0.25) is 0 Å². The highest BCUT2D eigenvalue weighted by Crippen LogP contribution is 2.18. The summed E-state index contributed by atoms with van der Waals surface area (Å²) in [5.41, 5.74) is 2.89. The largest absolute Gasteiger partial charge is 0.380 e. The Kier molecular flexibility index (Phi) is 8.25. The van der Waals surface area contributed by atoms with Gasteiger partial charge in [0.2, 0.25) is 0 Å². The number of unbranched alkanes of at least 4 members (excludes halogenated alkanes) is 2. The van der Waals surface area contributed by atoms with Crippen LogP contribution in [0.15, 0.2) is 53.0 Å². The van der Waals surface area contributed by atoms with Crippen molar-refractivity contribution in [2.75, 3.05) is 19.8 Å². The number of carbonyl (C=O) groups is 1. The van der Waals surface area contributed by atoms with Crippen molar-refractivity contribution in [1.82, 2.24) is 14.9 Å². The molecule has 0 atom stereocenters. The first-order chi connectivity index (χ1) is 14.2. The predicted molar refractivity (Wildman–Crippen MR) is 120 cm³/mol.